The normalized spacial score (nSPS) is 15.0. The van der Waals surface area contributed by atoms with Gasteiger partial charge in [-0.2, -0.15) is 0 Å². The largest absolute Gasteiger partial charge is 0.349 e. The van der Waals surface area contributed by atoms with Crippen molar-refractivity contribution in [2.24, 2.45) is 0 Å². The summed E-state index contributed by atoms with van der Waals surface area (Å²) in [7, 11) is 0. The van der Waals surface area contributed by atoms with E-state index in [1.807, 2.05) is 18.2 Å². The number of hydrogen-bond acceptors (Lipinski definition) is 4. The van der Waals surface area contributed by atoms with Gasteiger partial charge in [0.1, 0.15) is 11.5 Å². The van der Waals surface area contributed by atoms with Gasteiger partial charge < -0.3 is 10.2 Å². The van der Waals surface area contributed by atoms with Gasteiger partial charge in [0, 0.05) is 18.6 Å². The average Bonchev–Trinajstić information content (AvgIpc) is 2.67. The standard InChI is InChI=1S/C21H28N4O/c1-16(2)25(15-17-9-5-3-6-10-17)20-14-22-19(13-23-20)21(26)24-18-11-7-4-8-12-18/h3,5-6,9-10,13-14,16,18H,4,7-8,11-12,15H2,1-2H3,(H,24,26). The Morgan fingerprint density at radius 2 is 1.85 bits per heavy atom. The van der Waals surface area contributed by atoms with Crippen molar-refractivity contribution in [1.29, 1.82) is 0 Å². The first-order valence-corrected chi connectivity index (χ1v) is 9.57. The third kappa shape index (κ3) is 4.81. The minimum atomic E-state index is -0.116. The minimum absolute atomic E-state index is 0.116. The lowest BCUT2D eigenvalue weighted by Gasteiger charge is -2.27. The Kier molecular flexibility index (Phi) is 6.21. The van der Waals surface area contributed by atoms with Crippen LogP contribution in [0, 0.1) is 0 Å². The van der Waals surface area contributed by atoms with Crippen LogP contribution in [0.15, 0.2) is 42.7 Å². The smallest absolute Gasteiger partial charge is 0.271 e. The van der Waals surface area contributed by atoms with Crippen molar-refractivity contribution < 1.29 is 4.79 Å². The molecule has 138 valence electrons. The molecule has 1 heterocycles. The van der Waals surface area contributed by atoms with Gasteiger partial charge in [0.05, 0.1) is 12.4 Å². The lowest BCUT2D eigenvalue weighted by molar-refractivity contribution is 0.0922. The Labute approximate surface area is 155 Å². The molecule has 1 N–H and O–H groups in total. The van der Waals surface area contributed by atoms with Crippen molar-refractivity contribution in [3.63, 3.8) is 0 Å². The van der Waals surface area contributed by atoms with Crippen LogP contribution in [-0.4, -0.2) is 28.0 Å². The van der Waals surface area contributed by atoms with E-state index in [4.69, 9.17) is 0 Å². The van der Waals surface area contributed by atoms with Gasteiger partial charge in [-0.1, -0.05) is 49.6 Å². The van der Waals surface area contributed by atoms with Crippen molar-refractivity contribution in [3.8, 4) is 0 Å². The first kappa shape index (κ1) is 18.4. The summed E-state index contributed by atoms with van der Waals surface area (Å²) in [4.78, 5) is 23.5. The monoisotopic (exact) mass is 352 g/mol. The minimum Gasteiger partial charge on any atom is -0.349 e. The van der Waals surface area contributed by atoms with Gasteiger partial charge in [0.25, 0.3) is 5.91 Å². The predicted octanol–water partition coefficient (Wildman–Crippen LogP) is 3.95. The van der Waals surface area contributed by atoms with Crippen LogP contribution in [0.2, 0.25) is 0 Å². The molecule has 0 saturated heterocycles. The fourth-order valence-electron chi connectivity index (χ4n) is 3.40. The highest BCUT2D eigenvalue weighted by Gasteiger charge is 2.19. The number of rotatable bonds is 6. The van der Waals surface area contributed by atoms with E-state index in [2.05, 4.69) is 46.2 Å². The van der Waals surface area contributed by atoms with Gasteiger partial charge >= 0.3 is 0 Å². The zero-order valence-electron chi connectivity index (χ0n) is 15.7. The molecule has 1 aromatic carbocycles. The molecule has 26 heavy (non-hydrogen) atoms. The molecule has 1 fully saturated rings. The highest BCUT2D eigenvalue weighted by atomic mass is 16.1. The van der Waals surface area contributed by atoms with Gasteiger partial charge in [0.2, 0.25) is 0 Å². The van der Waals surface area contributed by atoms with Gasteiger partial charge in [-0.3, -0.25) is 4.79 Å². The predicted molar refractivity (Wildman–Crippen MR) is 104 cm³/mol. The fourth-order valence-corrected chi connectivity index (χ4v) is 3.40. The second-order valence-corrected chi connectivity index (χ2v) is 7.28. The number of carbonyl (C=O) groups excluding carboxylic acids is 1. The molecule has 0 aliphatic heterocycles. The zero-order chi connectivity index (χ0) is 18.4. The Hall–Kier alpha value is -2.43. The van der Waals surface area contributed by atoms with E-state index in [0.717, 1.165) is 25.2 Å². The van der Waals surface area contributed by atoms with Crippen LogP contribution in [0.3, 0.4) is 0 Å². The molecule has 0 radical (unpaired) electrons. The summed E-state index contributed by atoms with van der Waals surface area (Å²) in [5.74, 6) is 0.674. The molecule has 1 saturated carbocycles. The molecule has 0 atom stereocenters. The van der Waals surface area contributed by atoms with Crippen LogP contribution in [-0.2, 0) is 6.54 Å². The zero-order valence-corrected chi connectivity index (χ0v) is 15.7. The molecule has 5 heteroatoms. The van der Waals surface area contributed by atoms with Gasteiger partial charge in [0.15, 0.2) is 0 Å². The summed E-state index contributed by atoms with van der Waals surface area (Å²) in [6.07, 6.45) is 9.08. The van der Waals surface area contributed by atoms with E-state index < -0.39 is 0 Å². The molecule has 5 nitrogen and oxygen atoms in total. The summed E-state index contributed by atoms with van der Waals surface area (Å²) < 4.78 is 0. The molecule has 0 bridgehead atoms. The molecule has 2 aromatic rings. The highest BCUT2D eigenvalue weighted by Crippen LogP contribution is 2.19. The highest BCUT2D eigenvalue weighted by molar-refractivity contribution is 5.92. The summed E-state index contributed by atoms with van der Waals surface area (Å²) in [6.45, 7) is 5.03. The van der Waals surface area contributed by atoms with Crippen LogP contribution in [0.5, 0.6) is 0 Å². The quantitative estimate of drug-likeness (QED) is 0.855. The first-order valence-electron chi connectivity index (χ1n) is 9.57. The van der Waals surface area contributed by atoms with Crippen molar-refractivity contribution >= 4 is 11.7 Å². The van der Waals surface area contributed by atoms with Crippen LogP contribution in [0.1, 0.15) is 62.0 Å². The SMILES string of the molecule is CC(C)N(Cc1ccccc1)c1cnc(C(=O)NC2CCCCC2)cn1. The van der Waals surface area contributed by atoms with Crippen LogP contribution < -0.4 is 10.2 Å². The number of hydrogen-bond donors (Lipinski definition) is 1. The summed E-state index contributed by atoms with van der Waals surface area (Å²) in [5.41, 5.74) is 1.62. The Balaban J connectivity index is 1.67. The van der Waals surface area contributed by atoms with Crippen molar-refractivity contribution in [2.45, 2.75) is 64.6 Å². The van der Waals surface area contributed by atoms with E-state index in [1.54, 1.807) is 12.4 Å². The Morgan fingerprint density at radius 1 is 1.12 bits per heavy atom. The van der Waals surface area contributed by atoms with Gasteiger partial charge in [-0.15, -0.1) is 0 Å². The van der Waals surface area contributed by atoms with E-state index in [-0.39, 0.29) is 18.0 Å². The number of carbonyl (C=O) groups is 1. The number of nitrogens with zero attached hydrogens (tertiary/aromatic N) is 3. The van der Waals surface area contributed by atoms with Crippen LogP contribution in [0.25, 0.3) is 0 Å². The maximum absolute atomic E-state index is 12.4. The first-order chi connectivity index (χ1) is 12.6. The fraction of sp³-hybridized carbons (Fsp3) is 0.476. The molecule has 0 unspecified atom stereocenters. The average molecular weight is 352 g/mol. The Bertz CT molecular complexity index is 694. The second-order valence-electron chi connectivity index (χ2n) is 7.28. The number of nitrogens with one attached hydrogen (secondary N) is 1. The third-order valence-corrected chi connectivity index (χ3v) is 4.92. The number of anilines is 1. The molecule has 1 aromatic heterocycles. The van der Waals surface area contributed by atoms with E-state index in [9.17, 15) is 4.79 Å². The van der Waals surface area contributed by atoms with Crippen molar-refractivity contribution in [2.75, 3.05) is 4.90 Å². The molecular weight excluding hydrogens is 324 g/mol. The summed E-state index contributed by atoms with van der Waals surface area (Å²) in [5, 5.41) is 3.09. The van der Waals surface area contributed by atoms with Gasteiger partial charge in [-0.25, -0.2) is 9.97 Å². The maximum atomic E-state index is 12.4. The van der Waals surface area contributed by atoms with E-state index >= 15 is 0 Å². The van der Waals surface area contributed by atoms with Gasteiger partial charge in [-0.05, 0) is 32.3 Å². The summed E-state index contributed by atoms with van der Waals surface area (Å²) >= 11 is 0. The van der Waals surface area contributed by atoms with E-state index in [1.165, 1.54) is 24.8 Å². The lowest BCUT2D eigenvalue weighted by Crippen LogP contribution is -2.37. The summed E-state index contributed by atoms with van der Waals surface area (Å²) in [6, 6.07) is 10.9. The Morgan fingerprint density at radius 3 is 2.46 bits per heavy atom. The topological polar surface area (TPSA) is 58.1 Å². The van der Waals surface area contributed by atoms with E-state index in [0.29, 0.717) is 5.69 Å². The number of aromatic nitrogens is 2. The molecular formula is C21H28N4O. The molecule has 1 aliphatic carbocycles. The lowest BCUT2D eigenvalue weighted by atomic mass is 9.95. The van der Waals surface area contributed by atoms with Crippen LogP contribution >= 0.6 is 0 Å². The van der Waals surface area contributed by atoms with Crippen molar-refractivity contribution in [1.82, 2.24) is 15.3 Å². The number of amides is 1. The van der Waals surface area contributed by atoms with Crippen LogP contribution in [0.4, 0.5) is 5.82 Å². The van der Waals surface area contributed by atoms with Crippen molar-refractivity contribution in [3.05, 3.63) is 54.0 Å². The molecule has 3 rings (SSSR count). The number of benzene rings is 1. The molecule has 1 amide bonds. The maximum Gasteiger partial charge on any atom is 0.271 e. The molecule has 0 spiro atoms. The third-order valence-electron chi connectivity index (χ3n) is 4.92. The second kappa shape index (κ2) is 8.79. The molecule has 1 aliphatic rings.